The molecule has 0 aliphatic rings. The molecule has 0 aliphatic carbocycles. The van der Waals surface area contributed by atoms with Crippen molar-refractivity contribution < 1.29 is 34.2 Å². The number of rotatable bonds is 7. The molecule has 1 aromatic rings. The molecule has 0 fully saturated rings. The summed E-state index contributed by atoms with van der Waals surface area (Å²) < 4.78 is 9.54. The van der Waals surface area contributed by atoms with Crippen LogP contribution in [0.1, 0.15) is 49.2 Å². The monoisotopic (exact) mass is 384 g/mol. The van der Waals surface area contributed by atoms with E-state index in [0.29, 0.717) is 0 Å². The topological polar surface area (TPSA) is 148 Å². The molecule has 3 N–H and O–H groups in total. The van der Waals surface area contributed by atoms with Crippen LogP contribution in [0.2, 0.25) is 0 Å². The summed E-state index contributed by atoms with van der Waals surface area (Å²) in [7, 11) is 1.14. The van der Waals surface area contributed by atoms with Crippen LogP contribution in [0.4, 0.5) is 10.5 Å². The van der Waals surface area contributed by atoms with E-state index in [-0.39, 0.29) is 24.1 Å². The van der Waals surface area contributed by atoms with Gasteiger partial charge in [0.1, 0.15) is 11.7 Å². The highest BCUT2D eigenvalue weighted by atomic mass is 16.6. The fourth-order valence-electron chi connectivity index (χ4n) is 2.20. The quantitative estimate of drug-likeness (QED) is 0.365. The summed E-state index contributed by atoms with van der Waals surface area (Å²) in [6.07, 6.45) is -3.73. The Morgan fingerprint density at radius 3 is 2.44 bits per heavy atom. The standard InChI is InChI=1S/C17H24N2O8/c1-17(2,3)27-16(23)18-8-7-13(20)14(21)11-6-5-10(15(22)26-4)9-12(11)19(24)25/h5-6,9,13-14,20-21H,7-8H2,1-4H3,(H,18,23). The molecule has 1 amide bonds. The van der Waals surface area contributed by atoms with E-state index in [9.17, 15) is 29.9 Å². The highest BCUT2D eigenvalue weighted by Gasteiger charge is 2.28. The van der Waals surface area contributed by atoms with E-state index in [2.05, 4.69) is 10.1 Å². The molecule has 2 unspecified atom stereocenters. The third-order valence-electron chi connectivity index (χ3n) is 3.44. The van der Waals surface area contributed by atoms with Crippen molar-refractivity contribution in [3.05, 3.63) is 39.4 Å². The second kappa shape index (κ2) is 9.28. The van der Waals surface area contributed by atoms with Crippen molar-refractivity contribution in [3.8, 4) is 0 Å². The lowest BCUT2D eigenvalue weighted by atomic mass is 9.98. The van der Waals surface area contributed by atoms with Crippen molar-refractivity contribution in [1.29, 1.82) is 0 Å². The van der Waals surface area contributed by atoms with Crippen molar-refractivity contribution in [1.82, 2.24) is 5.32 Å². The number of hydrogen-bond acceptors (Lipinski definition) is 8. The molecule has 27 heavy (non-hydrogen) atoms. The number of methoxy groups -OCH3 is 1. The minimum absolute atomic E-state index is 0.0127. The van der Waals surface area contributed by atoms with Gasteiger partial charge in [0.25, 0.3) is 5.69 Å². The van der Waals surface area contributed by atoms with Crippen molar-refractivity contribution in [2.24, 2.45) is 0 Å². The van der Waals surface area contributed by atoms with E-state index in [1.165, 1.54) is 12.1 Å². The lowest BCUT2D eigenvalue weighted by molar-refractivity contribution is -0.386. The van der Waals surface area contributed by atoms with Crippen molar-refractivity contribution in [2.75, 3.05) is 13.7 Å². The van der Waals surface area contributed by atoms with Crippen LogP contribution in [0.15, 0.2) is 18.2 Å². The van der Waals surface area contributed by atoms with Crippen molar-refractivity contribution in [3.63, 3.8) is 0 Å². The summed E-state index contributed by atoms with van der Waals surface area (Å²) in [5, 5.41) is 34.0. The highest BCUT2D eigenvalue weighted by molar-refractivity contribution is 5.90. The molecular weight excluding hydrogens is 360 g/mol. The van der Waals surface area contributed by atoms with Crippen LogP contribution in [0.5, 0.6) is 0 Å². The van der Waals surface area contributed by atoms with E-state index in [1.807, 2.05) is 0 Å². The van der Waals surface area contributed by atoms with Crippen LogP contribution in [0, 0.1) is 10.1 Å². The van der Waals surface area contributed by atoms with Crippen LogP contribution >= 0.6 is 0 Å². The second-order valence-electron chi connectivity index (χ2n) is 6.75. The Morgan fingerprint density at radius 2 is 1.93 bits per heavy atom. The molecule has 0 heterocycles. The molecule has 10 heteroatoms. The first-order valence-electron chi connectivity index (χ1n) is 8.16. The summed E-state index contributed by atoms with van der Waals surface area (Å²) in [4.78, 5) is 33.5. The third kappa shape index (κ3) is 6.83. The maximum atomic E-state index is 11.5. The van der Waals surface area contributed by atoms with Gasteiger partial charge in [-0.2, -0.15) is 0 Å². The molecule has 0 saturated carbocycles. The summed E-state index contributed by atoms with van der Waals surface area (Å²) in [5.74, 6) is -0.763. The minimum atomic E-state index is -1.59. The van der Waals surface area contributed by atoms with Gasteiger partial charge in [-0.05, 0) is 39.3 Å². The fourth-order valence-corrected chi connectivity index (χ4v) is 2.20. The normalized spacial score (nSPS) is 13.4. The Bertz CT molecular complexity index is 699. The molecule has 2 atom stereocenters. The lowest BCUT2D eigenvalue weighted by Crippen LogP contribution is -2.34. The smallest absolute Gasteiger partial charge is 0.407 e. The highest BCUT2D eigenvalue weighted by Crippen LogP contribution is 2.29. The first-order valence-corrected chi connectivity index (χ1v) is 8.16. The Morgan fingerprint density at radius 1 is 1.30 bits per heavy atom. The van der Waals surface area contributed by atoms with Crippen molar-refractivity contribution in [2.45, 2.75) is 45.0 Å². The zero-order valence-corrected chi connectivity index (χ0v) is 15.6. The van der Waals surface area contributed by atoms with Gasteiger partial charge in [-0.3, -0.25) is 10.1 Å². The molecular formula is C17H24N2O8. The van der Waals surface area contributed by atoms with Gasteiger partial charge in [0.15, 0.2) is 0 Å². The average Bonchev–Trinajstić information content (AvgIpc) is 2.58. The van der Waals surface area contributed by atoms with E-state index in [0.717, 1.165) is 13.2 Å². The van der Waals surface area contributed by atoms with Gasteiger partial charge < -0.3 is 25.0 Å². The molecule has 0 saturated heterocycles. The molecule has 0 spiro atoms. The first kappa shape index (κ1) is 22.3. The molecule has 0 bridgehead atoms. The van der Waals surface area contributed by atoms with Crippen LogP contribution in [-0.2, 0) is 9.47 Å². The van der Waals surface area contributed by atoms with Gasteiger partial charge in [0.05, 0.1) is 29.3 Å². The number of carbonyl (C=O) groups excluding carboxylic acids is 2. The number of aliphatic hydroxyl groups excluding tert-OH is 2. The predicted molar refractivity (Wildman–Crippen MR) is 94.3 cm³/mol. The number of nitro groups is 1. The Hall–Kier alpha value is -2.72. The molecule has 1 aromatic carbocycles. The molecule has 0 radical (unpaired) electrons. The molecule has 0 aromatic heterocycles. The summed E-state index contributed by atoms with van der Waals surface area (Å²) in [5.41, 5.74) is -1.41. The predicted octanol–water partition coefficient (Wildman–Crippen LogP) is 1.69. The van der Waals surface area contributed by atoms with E-state index in [4.69, 9.17) is 4.74 Å². The average molecular weight is 384 g/mol. The Labute approximate surface area is 156 Å². The maximum Gasteiger partial charge on any atom is 0.407 e. The van der Waals surface area contributed by atoms with E-state index < -0.39 is 40.5 Å². The molecule has 10 nitrogen and oxygen atoms in total. The largest absolute Gasteiger partial charge is 0.465 e. The summed E-state index contributed by atoms with van der Waals surface area (Å²) in [6, 6.07) is 3.40. The Balaban J connectivity index is 2.80. The number of carbonyl (C=O) groups is 2. The Kier molecular flexibility index (Phi) is 7.68. The number of nitrogens with one attached hydrogen (secondary N) is 1. The number of ether oxygens (including phenoxy) is 2. The van der Waals surface area contributed by atoms with Gasteiger partial charge in [0.2, 0.25) is 0 Å². The zero-order valence-electron chi connectivity index (χ0n) is 15.6. The van der Waals surface area contributed by atoms with E-state index in [1.54, 1.807) is 20.8 Å². The van der Waals surface area contributed by atoms with Crippen LogP contribution in [0.25, 0.3) is 0 Å². The molecule has 150 valence electrons. The number of benzene rings is 1. The van der Waals surface area contributed by atoms with E-state index >= 15 is 0 Å². The number of nitrogens with zero attached hydrogens (tertiary/aromatic N) is 1. The first-order chi connectivity index (χ1) is 12.5. The molecule has 0 aliphatic heterocycles. The van der Waals surface area contributed by atoms with Gasteiger partial charge in [-0.1, -0.05) is 0 Å². The summed E-state index contributed by atoms with van der Waals surface area (Å²) >= 11 is 0. The molecule has 1 rings (SSSR count). The minimum Gasteiger partial charge on any atom is -0.465 e. The number of nitro benzene ring substituents is 1. The second-order valence-corrected chi connectivity index (χ2v) is 6.75. The zero-order chi connectivity index (χ0) is 20.8. The fraction of sp³-hybridized carbons (Fsp3) is 0.529. The van der Waals surface area contributed by atoms with Gasteiger partial charge >= 0.3 is 12.1 Å². The van der Waals surface area contributed by atoms with Gasteiger partial charge in [-0.25, -0.2) is 9.59 Å². The number of esters is 1. The van der Waals surface area contributed by atoms with Gasteiger partial charge in [-0.15, -0.1) is 0 Å². The number of alkyl carbamates (subject to hydrolysis) is 1. The van der Waals surface area contributed by atoms with Gasteiger partial charge in [0, 0.05) is 12.6 Å². The maximum absolute atomic E-state index is 11.5. The van der Waals surface area contributed by atoms with Crippen LogP contribution < -0.4 is 5.32 Å². The SMILES string of the molecule is COC(=O)c1ccc(C(O)C(O)CCNC(=O)OC(C)(C)C)c([N+](=O)[O-])c1. The van der Waals surface area contributed by atoms with Crippen LogP contribution in [-0.4, -0.2) is 52.6 Å². The third-order valence-corrected chi connectivity index (χ3v) is 3.44. The van der Waals surface area contributed by atoms with Crippen LogP contribution in [0.3, 0.4) is 0 Å². The number of amides is 1. The van der Waals surface area contributed by atoms with Crippen molar-refractivity contribution >= 4 is 17.7 Å². The number of aliphatic hydroxyl groups is 2. The lowest BCUT2D eigenvalue weighted by Gasteiger charge is -2.21. The number of hydrogen-bond donors (Lipinski definition) is 3. The summed E-state index contributed by atoms with van der Waals surface area (Å²) in [6.45, 7) is 5.08.